The lowest BCUT2D eigenvalue weighted by atomic mass is 10.0. The Bertz CT molecular complexity index is 1210. The summed E-state index contributed by atoms with van der Waals surface area (Å²) in [5.41, 5.74) is 4.12. The average molecular weight is 346 g/mol. The van der Waals surface area contributed by atoms with Gasteiger partial charge >= 0.3 is 0 Å². The number of benzene rings is 2. The fourth-order valence-corrected chi connectivity index (χ4v) is 3.79. The van der Waals surface area contributed by atoms with Crippen LogP contribution in [0, 0.1) is 5.82 Å². The van der Waals surface area contributed by atoms with E-state index in [1.54, 1.807) is 18.3 Å². The van der Waals surface area contributed by atoms with Crippen LogP contribution in [0.3, 0.4) is 0 Å². The number of nitrogens with one attached hydrogen (secondary N) is 1. The third-order valence-electron chi connectivity index (χ3n) is 5.08. The van der Waals surface area contributed by atoms with Crippen molar-refractivity contribution in [1.82, 2.24) is 9.97 Å². The van der Waals surface area contributed by atoms with E-state index in [1.165, 1.54) is 13.2 Å². The van der Waals surface area contributed by atoms with Crippen molar-refractivity contribution >= 4 is 27.5 Å². The van der Waals surface area contributed by atoms with Gasteiger partial charge in [0.15, 0.2) is 17.3 Å². The van der Waals surface area contributed by atoms with Crippen LogP contribution >= 0.6 is 0 Å². The number of ketones is 1. The van der Waals surface area contributed by atoms with Gasteiger partial charge in [0.25, 0.3) is 0 Å². The molecule has 0 radical (unpaired) electrons. The summed E-state index contributed by atoms with van der Waals surface area (Å²) in [6, 6.07) is 10.7. The molecule has 0 fully saturated rings. The van der Waals surface area contributed by atoms with Crippen LogP contribution in [-0.4, -0.2) is 22.9 Å². The van der Waals surface area contributed by atoms with Crippen LogP contribution in [-0.2, 0) is 6.42 Å². The molecule has 0 unspecified atom stereocenters. The van der Waals surface area contributed by atoms with E-state index in [9.17, 15) is 9.18 Å². The number of H-pyrrole nitrogens is 1. The largest absolute Gasteiger partial charge is 0.494 e. The zero-order valence-corrected chi connectivity index (χ0v) is 14.1. The van der Waals surface area contributed by atoms with E-state index < -0.39 is 5.82 Å². The molecule has 1 aliphatic carbocycles. The van der Waals surface area contributed by atoms with Gasteiger partial charge in [-0.3, -0.25) is 9.78 Å². The first-order valence-corrected chi connectivity index (χ1v) is 8.46. The average Bonchev–Trinajstić information content (AvgIpc) is 3.21. The summed E-state index contributed by atoms with van der Waals surface area (Å²) in [4.78, 5) is 20.1. The van der Waals surface area contributed by atoms with Gasteiger partial charge in [0, 0.05) is 45.6 Å². The smallest absolute Gasteiger partial charge is 0.165 e. The topological polar surface area (TPSA) is 55.0 Å². The second-order valence-corrected chi connectivity index (χ2v) is 6.53. The highest BCUT2D eigenvalue weighted by molar-refractivity contribution is 6.17. The summed E-state index contributed by atoms with van der Waals surface area (Å²) in [5.74, 6) is -0.0251. The highest BCUT2D eigenvalue weighted by atomic mass is 19.1. The number of hydrogen-bond donors (Lipinski definition) is 1. The first kappa shape index (κ1) is 15.1. The Balaban J connectivity index is 1.74. The van der Waals surface area contributed by atoms with Gasteiger partial charge in [0.05, 0.1) is 18.3 Å². The van der Waals surface area contributed by atoms with E-state index in [-0.39, 0.29) is 11.5 Å². The van der Waals surface area contributed by atoms with E-state index in [1.807, 2.05) is 18.2 Å². The van der Waals surface area contributed by atoms with Crippen molar-refractivity contribution in [3.8, 4) is 17.0 Å². The molecule has 0 atom stereocenters. The molecule has 2 aromatic carbocycles. The van der Waals surface area contributed by atoms with E-state index in [0.29, 0.717) is 17.7 Å². The van der Waals surface area contributed by atoms with Gasteiger partial charge in [0.2, 0.25) is 0 Å². The molecular weight excluding hydrogens is 331 g/mol. The van der Waals surface area contributed by atoms with E-state index >= 15 is 0 Å². The molecule has 0 saturated carbocycles. The second-order valence-electron chi connectivity index (χ2n) is 6.53. The number of aromatic amines is 1. The molecule has 1 N–H and O–H groups in total. The Morgan fingerprint density at radius 1 is 1.12 bits per heavy atom. The maximum atomic E-state index is 14.1. The van der Waals surface area contributed by atoms with Crippen molar-refractivity contribution in [3.63, 3.8) is 0 Å². The van der Waals surface area contributed by atoms with E-state index in [4.69, 9.17) is 4.74 Å². The highest BCUT2D eigenvalue weighted by Gasteiger charge is 2.25. The summed E-state index contributed by atoms with van der Waals surface area (Å²) < 4.78 is 19.0. The molecule has 0 bridgehead atoms. The van der Waals surface area contributed by atoms with Crippen molar-refractivity contribution in [2.24, 2.45) is 0 Å². The molecule has 4 nitrogen and oxygen atoms in total. The summed E-state index contributed by atoms with van der Waals surface area (Å²) >= 11 is 0. The number of aryl methyl sites for hydroxylation is 1. The SMILES string of the molecule is COc1ccc(-c2cc3c(ccc4c5c([nH]c43)CCC5=O)cn2)cc1F. The van der Waals surface area contributed by atoms with Crippen molar-refractivity contribution in [2.45, 2.75) is 12.8 Å². The highest BCUT2D eigenvalue weighted by Crippen LogP contribution is 2.35. The maximum absolute atomic E-state index is 14.1. The molecule has 1 aliphatic rings. The lowest BCUT2D eigenvalue weighted by Gasteiger charge is -2.07. The Kier molecular flexibility index (Phi) is 3.13. The Hall–Kier alpha value is -3.21. The molecule has 5 rings (SSSR count). The van der Waals surface area contributed by atoms with E-state index in [0.717, 1.165) is 39.4 Å². The number of aromatic nitrogens is 2. The number of nitrogens with zero attached hydrogens (tertiary/aromatic N) is 1. The molecule has 128 valence electrons. The zero-order valence-electron chi connectivity index (χ0n) is 14.1. The minimum atomic E-state index is -0.422. The Labute approximate surface area is 148 Å². The molecule has 4 aromatic rings. The third-order valence-corrected chi connectivity index (χ3v) is 5.08. The number of carbonyl (C=O) groups is 1. The van der Waals surface area contributed by atoms with Crippen LogP contribution in [0.5, 0.6) is 5.75 Å². The molecule has 0 spiro atoms. The summed E-state index contributed by atoms with van der Waals surface area (Å²) in [5, 5.41) is 2.90. The second kappa shape index (κ2) is 5.39. The van der Waals surface area contributed by atoms with Crippen molar-refractivity contribution in [2.75, 3.05) is 7.11 Å². The summed E-state index contributed by atoms with van der Waals surface area (Å²) in [6.07, 6.45) is 3.11. The first-order chi connectivity index (χ1) is 12.7. The van der Waals surface area contributed by atoms with Crippen molar-refractivity contribution in [3.05, 3.63) is 59.7 Å². The fraction of sp³-hybridized carbons (Fsp3) is 0.143. The molecular formula is C21H15FN2O2. The normalized spacial score (nSPS) is 13.5. The maximum Gasteiger partial charge on any atom is 0.165 e. The van der Waals surface area contributed by atoms with Crippen molar-refractivity contribution in [1.29, 1.82) is 0 Å². The van der Waals surface area contributed by atoms with Crippen LogP contribution in [0.4, 0.5) is 4.39 Å². The number of ether oxygens (including phenoxy) is 1. The number of rotatable bonds is 2. The number of hydrogen-bond acceptors (Lipinski definition) is 3. The number of pyridine rings is 1. The molecule has 0 amide bonds. The third kappa shape index (κ3) is 2.07. The van der Waals surface area contributed by atoms with Gasteiger partial charge in [-0.15, -0.1) is 0 Å². The molecule has 26 heavy (non-hydrogen) atoms. The molecule has 5 heteroatoms. The number of halogens is 1. The lowest BCUT2D eigenvalue weighted by molar-refractivity contribution is 0.0996. The zero-order chi connectivity index (χ0) is 17.8. The number of methoxy groups -OCH3 is 1. The van der Waals surface area contributed by atoms with Gasteiger partial charge in [-0.1, -0.05) is 12.1 Å². The Morgan fingerprint density at radius 3 is 2.81 bits per heavy atom. The molecule has 2 aromatic heterocycles. The monoisotopic (exact) mass is 346 g/mol. The number of fused-ring (bicyclic) bond motifs is 5. The molecule has 0 aliphatic heterocycles. The minimum Gasteiger partial charge on any atom is -0.494 e. The van der Waals surface area contributed by atoms with Crippen molar-refractivity contribution < 1.29 is 13.9 Å². The molecule has 0 saturated heterocycles. The number of Topliss-reactive ketones (excluding diaryl/α,β-unsaturated/α-hetero) is 1. The van der Waals surface area contributed by atoms with Crippen LogP contribution in [0.2, 0.25) is 0 Å². The Morgan fingerprint density at radius 2 is 2.00 bits per heavy atom. The van der Waals surface area contributed by atoms with Gasteiger partial charge in [-0.2, -0.15) is 0 Å². The van der Waals surface area contributed by atoms with Gasteiger partial charge in [0.1, 0.15) is 0 Å². The summed E-state index contributed by atoms with van der Waals surface area (Å²) in [6.45, 7) is 0. The first-order valence-electron chi connectivity index (χ1n) is 8.46. The van der Waals surface area contributed by atoms with Gasteiger partial charge in [-0.25, -0.2) is 4.39 Å². The van der Waals surface area contributed by atoms with Crippen LogP contribution in [0.15, 0.2) is 42.6 Å². The fourth-order valence-electron chi connectivity index (χ4n) is 3.79. The predicted molar refractivity (Wildman–Crippen MR) is 98.2 cm³/mol. The molecule has 2 heterocycles. The number of carbonyl (C=O) groups excluding carboxylic acids is 1. The van der Waals surface area contributed by atoms with Crippen LogP contribution in [0.1, 0.15) is 22.5 Å². The quantitative estimate of drug-likeness (QED) is 0.574. The lowest BCUT2D eigenvalue weighted by Crippen LogP contribution is -1.91. The van der Waals surface area contributed by atoms with Crippen LogP contribution < -0.4 is 4.74 Å². The van der Waals surface area contributed by atoms with Gasteiger partial charge in [-0.05, 0) is 30.7 Å². The van der Waals surface area contributed by atoms with Crippen LogP contribution in [0.25, 0.3) is 32.9 Å². The minimum absolute atomic E-state index is 0.192. The van der Waals surface area contributed by atoms with Gasteiger partial charge < -0.3 is 9.72 Å². The summed E-state index contributed by atoms with van der Waals surface area (Å²) in [7, 11) is 1.44. The standard InChI is InChI=1S/C21H15FN2O2/c1-26-19-7-3-11(8-15(19)22)17-9-14-12(10-23-17)2-4-13-20-16(24-21(13)14)5-6-18(20)25/h2-4,7-10,24H,5-6H2,1H3. The predicted octanol–water partition coefficient (Wildman–Crippen LogP) is 4.66. The van der Waals surface area contributed by atoms with E-state index in [2.05, 4.69) is 9.97 Å².